The molecule has 1 aromatic rings. The van der Waals surface area contributed by atoms with Gasteiger partial charge in [0.2, 0.25) is 0 Å². The highest BCUT2D eigenvalue weighted by Gasteiger charge is 2.29. The van der Waals surface area contributed by atoms with Gasteiger partial charge in [0.25, 0.3) is 0 Å². The number of nitrogens with one attached hydrogen (secondary N) is 1. The van der Waals surface area contributed by atoms with Crippen LogP contribution in [0.15, 0.2) is 24.3 Å². The van der Waals surface area contributed by atoms with Gasteiger partial charge < -0.3 is 19.9 Å². The largest absolute Gasteiger partial charge is 0.390 e. The van der Waals surface area contributed by atoms with Crippen molar-refractivity contribution < 1.29 is 14.6 Å². The van der Waals surface area contributed by atoms with Gasteiger partial charge in [-0.2, -0.15) is 0 Å². The van der Waals surface area contributed by atoms with Crippen LogP contribution < -0.4 is 5.32 Å². The second-order valence-corrected chi connectivity index (χ2v) is 6.24. The highest BCUT2D eigenvalue weighted by molar-refractivity contribution is 6.18. The maximum Gasteiger partial charge on any atom is 0.183 e. The van der Waals surface area contributed by atoms with Gasteiger partial charge in [0.05, 0.1) is 25.2 Å². The van der Waals surface area contributed by atoms with Crippen LogP contribution in [0, 0.1) is 5.41 Å². The van der Waals surface area contributed by atoms with Gasteiger partial charge in [-0.3, -0.25) is 0 Å². The highest BCUT2D eigenvalue weighted by Crippen LogP contribution is 2.31. The second-order valence-electron chi connectivity index (χ2n) is 5.93. The molecule has 112 valence electrons. The standard InChI is InChI=1S/C15H22ClNO3/c1-15(2)9-19-14(20-10-15)11-4-3-5-12(6-11)17-8-13(18)7-16/h3-6,13-14,17-18H,7-10H2,1-2H3. The molecule has 0 amide bonds. The number of aliphatic hydroxyl groups is 1. The zero-order valence-electron chi connectivity index (χ0n) is 11.9. The van der Waals surface area contributed by atoms with Crippen molar-refractivity contribution in [2.24, 2.45) is 5.41 Å². The molecular weight excluding hydrogens is 278 g/mol. The smallest absolute Gasteiger partial charge is 0.183 e. The molecule has 2 N–H and O–H groups in total. The Morgan fingerprint density at radius 3 is 2.75 bits per heavy atom. The summed E-state index contributed by atoms with van der Waals surface area (Å²) in [4.78, 5) is 0. The molecule has 1 aliphatic heterocycles. The lowest BCUT2D eigenvalue weighted by Crippen LogP contribution is -2.33. The average Bonchev–Trinajstić information content (AvgIpc) is 2.45. The number of halogens is 1. The van der Waals surface area contributed by atoms with Crippen molar-refractivity contribution >= 4 is 17.3 Å². The summed E-state index contributed by atoms with van der Waals surface area (Å²) in [5.74, 6) is 0.219. The lowest BCUT2D eigenvalue weighted by Gasteiger charge is -2.34. The van der Waals surface area contributed by atoms with E-state index in [1.54, 1.807) is 0 Å². The summed E-state index contributed by atoms with van der Waals surface area (Å²) in [7, 11) is 0. The number of ether oxygens (including phenoxy) is 2. The van der Waals surface area contributed by atoms with E-state index in [2.05, 4.69) is 19.2 Å². The maximum absolute atomic E-state index is 9.45. The van der Waals surface area contributed by atoms with Crippen molar-refractivity contribution in [1.29, 1.82) is 0 Å². The zero-order chi connectivity index (χ0) is 14.6. The molecule has 4 nitrogen and oxygen atoms in total. The van der Waals surface area contributed by atoms with E-state index in [9.17, 15) is 5.11 Å². The molecule has 1 fully saturated rings. The van der Waals surface area contributed by atoms with Crippen molar-refractivity contribution in [2.75, 3.05) is 31.0 Å². The average molecular weight is 300 g/mol. The zero-order valence-corrected chi connectivity index (χ0v) is 12.7. The third-order valence-electron chi connectivity index (χ3n) is 3.13. The lowest BCUT2D eigenvalue weighted by molar-refractivity contribution is -0.226. The predicted octanol–water partition coefficient (Wildman–Crippen LogP) is 2.77. The second kappa shape index (κ2) is 6.76. The molecular formula is C15H22ClNO3. The van der Waals surface area contributed by atoms with Gasteiger partial charge in [0, 0.05) is 23.2 Å². The Morgan fingerprint density at radius 1 is 1.40 bits per heavy atom. The van der Waals surface area contributed by atoms with E-state index in [1.807, 2.05) is 24.3 Å². The molecule has 1 atom stereocenters. The van der Waals surface area contributed by atoms with E-state index >= 15 is 0 Å². The number of alkyl halides is 1. The molecule has 1 aromatic carbocycles. The lowest BCUT2D eigenvalue weighted by atomic mass is 9.95. The van der Waals surface area contributed by atoms with E-state index < -0.39 is 6.10 Å². The van der Waals surface area contributed by atoms with Gasteiger partial charge in [0.15, 0.2) is 6.29 Å². The number of anilines is 1. The summed E-state index contributed by atoms with van der Waals surface area (Å²) in [6.07, 6.45) is -0.869. The van der Waals surface area contributed by atoms with Gasteiger partial charge in [0.1, 0.15) is 0 Å². The maximum atomic E-state index is 9.45. The van der Waals surface area contributed by atoms with Crippen LogP contribution in [0.1, 0.15) is 25.7 Å². The fourth-order valence-electron chi connectivity index (χ4n) is 1.97. The van der Waals surface area contributed by atoms with E-state index in [1.165, 1.54) is 0 Å². The van der Waals surface area contributed by atoms with Crippen molar-refractivity contribution in [3.05, 3.63) is 29.8 Å². The van der Waals surface area contributed by atoms with Crippen LogP contribution >= 0.6 is 11.6 Å². The van der Waals surface area contributed by atoms with E-state index in [-0.39, 0.29) is 17.6 Å². The summed E-state index contributed by atoms with van der Waals surface area (Å²) in [6.45, 7) is 6.02. The summed E-state index contributed by atoms with van der Waals surface area (Å²) in [5, 5.41) is 12.6. The third kappa shape index (κ3) is 4.35. The fourth-order valence-corrected chi connectivity index (χ4v) is 2.08. The number of rotatable bonds is 5. The summed E-state index contributed by atoms with van der Waals surface area (Å²) in [5.41, 5.74) is 1.96. The minimum atomic E-state index is -0.552. The quantitative estimate of drug-likeness (QED) is 0.821. The molecule has 0 radical (unpaired) electrons. The van der Waals surface area contributed by atoms with Crippen LogP contribution in [0.2, 0.25) is 0 Å². The first-order valence-electron chi connectivity index (χ1n) is 6.81. The van der Waals surface area contributed by atoms with E-state index in [0.717, 1.165) is 11.3 Å². The highest BCUT2D eigenvalue weighted by atomic mass is 35.5. The van der Waals surface area contributed by atoms with E-state index in [0.29, 0.717) is 19.8 Å². The molecule has 1 aliphatic rings. The molecule has 1 unspecified atom stereocenters. The van der Waals surface area contributed by atoms with E-state index in [4.69, 9.17) is 21.1 Å². The summed E-state index contributed by atoms with van der Waals surface area (Å²) >= 11 is 5.57. The molecule has 1 saturated heterocycles. The van der Waals surface area contributed by atoms with Gasteiger partial charge >= 0.3 is 0 Å². The van der Waals surface area contributed by atoms with Gasteiger partial charge in [-0.05, 0) is 12.1 Å². The first-order valence-corrected chi connectivity index (χ1v) is 7.35. The molecule has 2 rings (SSSR count). The Bertz CT molecular complexity index is 429. The van der Waals surface area contributed by atoms with Crippen molar-refractivity contribution in [3.8, 4) is 0 Å². The Morgan fingerprint density at radius 2 is 2.10 bits per heavy atom. The fraction of sp³-hybridized carbons (Fsp3) is 0.600. The van der Waals surface area contributed by atoms with Crippen LogP contribution in [0.3, 0.4) is 0 Å². The Labute approximate surface area is 125 Å². The first-order chi connectivity index (χ1) is 9.50. The third-order valence-corrected chi connectivity index (χ3v) is 3.49. The normalized spacial score (nSPS) is 20.6. The minimum Gasteiger partial charge on any atom is -0.390 e. The van der Waals surface area contributed by atoms with Gasteiger partial charge in [-0.15, -0.1) is 11.6 Å². The predicted molar refractivity (Wildman–Crippen MR) is 80.1 cm³/mol. The number of benzene rings is 1. The first kappa shape index (κ1) is 15.6. The SMILES string of the molecule is CC1(C)COC(c2cccc(NCC(O)CCl)c2)OC1. The van der Waals surface area contributed by atoms with Crippen LogP contribution in [-0.4, -0.2) is 36.8 Å². The van der Waals surface area contributed by atoms with Crippen molar-refractivity contribution in [1.82, 2.24) is 0 Å². The molecule has 1 heterocycles. The van der Waals surface area contributed by atoms with Crippen LogP contribution in [0.5, 0.6) is 0 Å². The summed E-state index contributed by atoms with van der Waals surface area (Å²) in [6, 6.07) is 7.84. The Balaban J connectivity index is 1.96. The molecule has 0 bridgehead atoms. The molecule has 0 aliphatic carbocycles. The minimum absolute atomic E-state index is 0.0663. The van der Waals surface area contributed by atoms with Crippen LogP contribution in [0.25, 0.3) is 0 Å². The number of hydrogen-bond donors (Lipinski definition) is 2. The topological polar surface area (TPSA) is 50.7 Å². The number of hydrogen-bond acceptors (Lipinski definition) is 4. The monoisotopic (exact) mass is 299 g/mol. The van der Waals surface area contributed by atoms with Crippen LogP contribution in [0.4, 0.5) is 5.69 Å². The Hall–Kier alpha value is -0.810. The van der Waals surface area contributed by atoms with Gasteiger partial charge in [-0.25, -0.2) is 0 Å². The molecule has 0 saturated carbocycles. The molecule has 20 heavy (non-hydrogen) atoms. The van der Waals surface area contributed by atoms with Crippen molar-refractivity contribution in [3.63, 3.8) is 0 Å². The molecule has 5 heteroatoms. The Kier molecular flexibility index (Phi) is 5.27. The number of aliphatic hydroxyl groups excluding tert-OH is 1. The molecule has 0 aromatic heterocycles. The molecule has 0 spiro atoms. The van der Waals surface area contributed by atoms with Gasteiger partial charge in [-0.1, -0.05) is 26.0 Å². The van der Waals surface area contributed by atoms with Crippen molar-refractivity contribution in [2.45, 2.75) is 26.2 Å². The summed E-state index contributed by atoms with van der Waals surface area (Å²) < 4.78 is 11.5. The van der Waals surface area contributed by atoms with Crippen LogP contribution in [-0.2, 0) is 9.47 Å².